The van der Waals surface area contributed by atoms with Gasteiger partial charge in [-0.25, -0.2) is 13.4 Å². The van der Waals surface area contributed by atoms with Crippen LogP contribution in [0.3, 0.4) is 0 Å². The first-order chi connectivity index (χ1) is 14.5. The van der Waals surface area contributed by atoms with Crippen LogP contribution in [0.4, 0.5) is 5.69 Å². The first-order valence-corrected chi connectivity index (χ1v) is 11.6. The fourth-order valence-electron chi connectivity index (χ4n) is 3.74. The third kappa shape index (κ3) is 4.09. The van der Waals surface area contributed by atoms with Crippen LogP contribution in [0.15, 0.2) is 77.7 Å². The molecule has 1 heterocycles. The molecule has 0 saturated heterocycles. The maximum absolute atomic E-state index is 12.9. The Kier molecular flexibility index (Phi) is 5.59. The molecular weight excluding hydrogens is 394 g/mol. The second kappa shape index (κ2) is 8.32. The average molecular weight is 420 g/mol. The zero-order valence-corrected chi connectivity index (χ0v) is 18.0. The summed E-state index contributed by atoms with van der Waals surface area (Å²) in [6, 6.07) is 22.6. The molecule has 0 aliphatic heterocycles. The smallest absolute Gasteiger partial charge is 0.261 e. The highest BCUT2D eigenvalue weighted by Gasteiger charge is 2.17. The largest absolute Gasteiger partial charge is 0.328 e. The Morgan fingerprint density at radius 1 is 0.933 bits per heavy atom. The molecule has 4 rings (SSSR count). The van der Waals surface area contributed by atoms with E-state index in [1.54, 1.807) is 18.2 Å². The Bertz CT molecular complexity index is 1290. The Labute approximate surface area is 177 Å². The van der Waals surface area contributed by atoms with E-state index in [-0.39, 0.29) is 4.90 Å². The number of aryl methyl sites for hydroxylation is 4. The molecule has 0 bridgehead atoms. The molecule has 5 nitrogen and oxygen atoms in total. The Morgan fingerprint density at radius 3 is 2.50 bits per heavy atom. The van der Waals surface area contributed by atoms with Crippen LogP contribution >= 0.6 is 0 Å². The van der Waals surface area contributed by atoms with Gasteiger partial charge in [-0.05, 0) is 61.7 Å². The van der Waals surface area contributed by atoms with E-state index in [4.69, 9.17) is 4.98 Å². The normalized spacial score (nSPS) is 11.7. The van der Waals surface area contributed by atoms with Crippen molar-refractivity contribution in [3.05, 3.63) is 89.7 Å². The van der Waals surface area contributed by atoms with Gasteiger partial charge in [0, 0.05) is 13.0 Å². The first-order valence-electron chi connectivity index (χ1n) is 10.1. The molecule has 3 aromatic carbocycles. The van der Waals surface area contributed by atoms with E-state index in [1.165, 1.54) is 0 Å². The molecule has 154 valence electrons. The summed E-state index contributed by atoms with van der Waals surface area (Å²) in [5, 5.41) is 0. The van der Waals surface area contributed by atoms with Crippen molar-refractivity contribution in [2.45, 2.75) is 38.1 Å². The number of benzene rings is 3. The maximum atomic E-state index is 12.9. The Morgan fingerprint density at radius 2 is 1.70 bits per heavy atom. The maximum Gasteiger partial charge on any atom is 0.261 e. The SMILES string of the molecule is CCn1c(CCc2ccccc2NS(=O)(=O)c2cccc(C)c2)nc2ccccc21. The molecule has 0 radical (unpaired) electrons. The number of fused-ring (bicyclic) bond motifs is 1. The molecule has 0 atom stereocenters. The Balaban J connectivity index is 1.59. The molecule has 0 saturated carbocycles. The van der Waals surface area contributed by atoms with Crippen LogP contribution in [0.5, 0.6) is 0 Å². The number of hydrogen-bond acceptors (Lipinski definition) is 3. The van der Waals surface area contributed by atoms with Crippen LogP contribution in [0.1, 0.15) is 23.9 Å². The van der Waals surface area contributed by atoms with Gasteiger partial charge in [-0.15, -0.1) is 0 Å². The van der Waals surface area contributed by atoms with Crippen molar-refractivity contribution in [3.8, 4) is 0 Å². The number of sulfonamides is 1. The van der Waals surface area contributed by atoms with E-state index < -0.39 is 10.0 Å². The molecule has 0 spiro atoms. The summed E-state index contributed by atoms with van der Waals surface area (Å²) in [6.45, 7) is 4.84. The summed E-state index contributed by atoms with van der Waals surface area (Å²) in [7, 11) is -3.65. The van der Waals surface area contributed by atoms with Crippen LogP contribution < -0.4 is 4.72 Å². The van der Waals surface area contributed by atoms with Gasteiger partial charge in [0.2, 0.25) is 0 Å². The van der Waals surface area contributed by atoms with Gasteiger partial charge in [-0.2, -0.15) is 0 Å². The van der Waals surface area contributed by atoms with E-state index in [9.17, 15) is 8.42 Å². The molecule has 6 heteroatoms. The number of nitrogens with one attached hydrogen (secondary N) is 1. The Hall–Kier alpha value is -3.12. The van der Waals surface area contributed by atoms with Gasteiger partial charge in [0.25, 0.3) is 10.0 Å². The lowest BCUT2D eigenvalue weighted by Gasteiger charge is -2.13. The van der Waals surface area contributed by atoms with Gasteiger partial charge in [0.05, 0.1) is 21.6 Å². The highest BCUT2D eigenvalue weighted by atomic mass is 32.2. The lowest BCUT2D eigenvalue weighted by molar-refractivity contribution is 0.601. The molecule has 30 heavy (non-hydrogen) atoms. The van der Waals surface area contributed by atoms with Crippen LogP contribution in [0.2, 0.25) is 0 Å². The van der Waals surface area contributed by atoms with E-state index in [0.717, 1.165) is 41.0 Å². The summed E-state index contributed by atoms with van der Waals surface area (Å²) < 4.78 is 30.7. The monoisotopic (exact) mass is 419 g/mol. The highest BCUT2D eigenvalue weighted by Crippen LogP contribution is 2.23. The summed E-state index contributed by atoms with van der Waals surface area (Å²) in [4.78, 5) is 5.05. The third-order valence-electron chi connectivity index (χ3n) is 5.23. The highest BCUT2D eigenvalue weighted by molar-refractivity contribution is 7.92. The molecular formula is C24H25N3O2S. The summed E-state index contributed by atoms with van der Waals surface area (Å²) in [5.74, 6) is 1.01. The average Bonchev–Trinajstić information content (AvgIpc) is 3.10. The van der Waals surface area contributed by atoms with Gasteiger partial charge >= 0.3 is 0 Å². The quantitative estimate of drug-likeness (QED) is 0.461. The second-order valence-electron chi connectivity index (χ2n) is 7.34. The van der Waals surface area contributed by atoms with Crippen molar-refractivity contribution >= 4 is 26.7 Å². The minimum atomic E-state index is -3.65. The zero-order chi connectivity index (χ0) is 21.1. The predicted octanol–water partition coefficient (Wildman–Crippen LogP) is 4.95. The van der Waals surface area contributed by atoms with Crippen LogP contribution in [-0.4, -0.2) is 18.0 Å². The van der Waals surface area contributed by atoms with Crippen molar-refractivity contribution in [1.29, 1.82) is 0 Å². The van der Waals surface area contributed by atoms with E-state index in [2.05, 4.69) is 22.3 Å². The molecule has 1 N–H and O–H groups in total. The number of hydrogen-bond donors (Lipinski definition) is 1. The van der Waals surface area contributed by atoms with Crippen molar-refractivity contribution in [3.63, 3.8) is 0 Å². The molecule has 0 aliphatic rings. The van der Waals surface area contributed by atoms with Crippen molar-refractivity contribution in [1.82, 2.24) is 9.55 Å². The molecule has 1 aromatic heterocycles. The summed E-state index contributed by atoms with van der Waals surface area (Å²) >= 11 is 0. The van der Waals surface area contributed by atoms with Crippen LogP contribution in [-0.2, 0) is 29.4 Å². The fourth-order valence-corrected chi connectivity index (χ4v) is 4.94. The number of nitrogens with zero attached hydrogens (tertiary/aromatic N) is 2. The number of aromatic nitrogens is 2. The van der Waals surface area contributed by atoms with Crippen LogP contribution in [0.25, 0.3) is 11.0 Å². The van der Waals surface area contributed by atoms with Crippen molar-refractivity contribution in [2.24, 2.45) is 0 Å². The third-order valence-corrected chi connectivity index (χ3v) is 6.59. The minimum absolute atomic E-state index is 0.269. The predicted molar refractivity (Wildman–Crippen MR) is 121 cm³/mol. The molecule has 0 fully saturated rings. The van der Waals surface area contributed by atoms with E-state index in [1.807, 2.05) is 55.5 Å². The van der Waals surface area contributed by atoms with Gasteiger partial charge < -0.3 is 4.57 Å². The van der Waals surface area contributed by atoms with Crippen molar-refractivity contribution in [2.75, 3.05) is 4.72 Å². The molecule has 0 unspecified atom stereocenters. The molecule has 4 aromatic rings. The zero-order valence-electron chi connectivity index (χ0n) is 17.2. The first kappa shape index (κ1) is 20.2. The number of anilines is 1. The minimum Gasteiger partial charge on any atom is -0.328 e. The number of para-hydroxylation sites is 3. The summed E-state index contributed by atoms with van der Waals surface area (Å²) in [5.41, 5.74) is 4.58. The van der Waals surface area contributed by atoms with Crippen molar-refractivity contribution < 1.29 is 8.42 Å². The lowest BCUT2D eigenvalue weighted by Crippen LogP contribution is -2.14. The van der Waals surface area contributed by atoms with Gasteiger partial charge in [0.15, 0.2) is 0 Å². The van der Waals surface area contributed by atoms with E-state index in [0.29, 0.717) is 12.1 Å². The van der Waals surface area contributed by atoms with Gasteiger partial charge in [-0.1, -0.05) is 42.5 Å². The van der Waals surface area contributed by atoms with Gasteiger partial charge in [-0.3, -0.25) is 4.72 Å². The van der Waals surface area contributed by atoms with E-state index >= 15 is 0 Å². The number of imidazole rings is 1. The van der Waals surface area contributed by atoms with Gasteiger partial charge in [0.1, 0.15) is 5.82 Å². The second-order valence-corrected chi connectivity index (χ2v) is 9.02. The van der Waals surface area contributed by atoms with Crippen LogP contribution in [0, 0.1) is 6.92 Å². The topological polar surface area (TPSA) is 64.0 Å². The standard InChI is InChI=1S/C24H25N3O2S/c1-3-27-23-14-7-6-13-22(23)25-24(27)16-15-19-10-4-5-12-21(19)26-30(28,29)20-11-8-9-18(2)17-20/h4-14,17,26H,3,15-16H2,1-2H3. The summed E-state index contributed by atoms with van der Waals surface area (Å²) in [6.07, 6.45) is 1.42. The fraction of sp³-hybridized carbons (Fsp3) is 0.208. The molecule has 0 aliphatic carbocycles. The molecule has 0 amide bonds. The lowest BCUT2D eigenvalue weighted by atomic mass is 10.1. The number of rotatable bonds is 7.